The van der Waals surface area contributed by atoms with Crippen LogP contribution in [0.3, 0.4) is 0 Å². The molecule has 3 aliphatic rings. The molecule has 3 aromatic heterocycles. The molecule has 3 fully saturated rings. The summed E-state index contributed by atoms with van der Waals surface area (Å²) < 4.78 is 1.92. The van der Waals surface area contributed by atoms with Crippen LogP contribution >= 0.6 is 0 Å². The van der Waals surface area contributed by atoms with Gasteiger partial charge in [0, 0.05) is 56.6 Å². The van der Waals surface area contributed by atoms with Crippen molar-refractivity contribution in [3.05, 3.63) is 30.1 Å². The molecule has 6 rings (SSSR count). The number of aromatic nitrogens is 5. The summed E-state index contributed by atoms with van der Waals surface area (Å²) >= 11 is 0. The Morgan fingerprint density at radius 1 is 1.22 bits per heavy atom. The molecule has 0 bridgehead atoms. The number of H-pyrrole nitrogens is 1. The van der Waals surface area contributed by atoms with Crippen LogP contribution in [0.15, 0.2) is 24.4 Å². The van der Waals surface area contributed by atoms with Gasteiger partial charge in [-0.05, 0) is 44.7 Å². The molecule has 1 saturated carbocycles. The Morgan fingerprint density at radius 3 is 2.88 bits per heavy atom. The molecule has 10 heteroatoms. The van der Waals surface area contributed by atoms with Crippen molar-refractivity contribution >= 4 is 29.3 Å². The van der Waals surface area contributed by atoms with Crippen molar-refractivity contribution in [1.82, 2.24) is 34.8 Å². The van der Waals surface area contributed by atoms with Gasteiger partial charge in [-0.1, -0.05) is 0 Å². The fraction of sp³-hybridized carbons (Fsp3) is 0.545. The zero-order valence-corrected chi connectivity index (χ0v) is 18.3. The highest BCUT2D eigenvalue weighted by Crippen LogP contribution is 2.40. The van der Waals surface area contributed by atoms with Crippen LogP contribution in [-0.2, 0) is 4.79 Å². The summed E-state index contributed by atoms with van der Waals surface area (Å²) in [6.45, 7) is 5.98. The SMILES string of the molecule is C[C@]1(C(=O)N2CCNCC2)CCCN1c1nc(Nc2cc(C3CC3)[nH]n2)n2cccc2n1. The molecular weight excluding hydrogens is 406 g/mol. The van der Waals surface area contributed by atoms with Gasteiger partial charge in [-0.25, -0.2) is 0 Å². The van der Waals surface area contributed by atoms with Crippen LogP contribution in [0.5, 0.6) is 0 Å². The van der Waals surface area contributed by atoms with E-state index in [9.17, 15) is 4.79 Å². The van der Waals surface area contributed by atoms with Crippen LogP contribution in [0.4, 0.5) is 17.7 Å². The van der Waals surface area contributed by atoms with E-state index in [0.29, 0.717) is 17.8 Å². The normalized spacial score (nSPS) is 23.8. The number of anilines is 3. The van der Waals surface area contributed by atoms with Crippen LogP contribution in [0.2, 0.25) is 0 Å². The molecule has 1 amide bonds. The average molecular weight is 436 g/mol. The number of hydrogen-bond donors (Lipinski definition) is 3. The maximum absolute atomic E-state index is 13.5. The monoisotopic (exact) mass is 435 g/mol. The number of rotatable bonds is 5. The molecule has 2 aliphatic heterocycles. The Labute approximate surface area is 186 Å². The average Bonchev–Trinajstić information content (AvgIpc) is 3.19. The summed E-state index contributed by atoms with van der Waals surface area (Å²) in [5, 5.41) is 14.2. The highest BCUT2D eigenvalue weighted by atomic mass is 16.2. The minimum Gasteiger partial charge on any atom is -0.338 e. The van der Waals surface area contributed by atoms with Gasteiger partial charge in [-0.2, -0.15) is 15.1 Å². The predicted molar refractivity (Wildman–Crippen MR) is 121 cm³/mol. The quantitative estimate of drug-likeness (QED) is 0.562. The molecule has 0 unspecified atom stereocenters. The van der Waals surface area contributed by atoms with E-state index in [1.165, 1.54) is 18.5 Å². The Morgan fingerprint density at radius 2 is 2.06 bits per heavy atom. The molecule has 0 aromatic carbocycles. The summed E-state index contributed by atoms with van der Waals surface area (Å²) in [6.07, 6.45) is 6.12. The van der Waals surface area contributed by atoms with Gasteiger partial charge < -0.3 is 20.4 Å². The molecule has 0 radical (unpaired) electrons. The number of nitrogens with zero attached hydrogens (tertiary/aromatic N) is 6. The second-order valence-corrected chi connectivity index (χ2v) is 9.26. The lowest BCUT2D eigenvalue weighted by molar-refractivity contribution is -0.136. The largest absolute Gasteiger partial charge is 0.338 e. The third-order valence-corrected chi connectivity index (χ3v) is 6.98. The van der Waals surface area contributed by atoms with Gasteiger partial charge in [0.15, 0.2) is 5.82 Å². The minimum atomic E-state index is -0.634. The molecular formula is C22H29N9O. The molecule has 0 spiro atoms. The number of fused-ring (bicyclic) bond motifs is 1. The van der Waals surface area contributed by atoms with Crippen LogP contribution in [-0.4, -0.2) is 73.6 Å². The van der Waals surface area contributed by atoms with E-state index in [-0.39, 0.29) is 5.91 Å². The zero-order chi connectivity index (χ0) is 21.7. The lowest BCUT2D eigenvalue weighted by Crippen LogP contribution is -2.59. The number of carbonyl (C=O) groups excluding carboxylic acids is 1. The van der Waals surface area contributed by atoms with Gasteiger partial charge in [-0.3, -0.25) is 14.3 Å². The lowest BCUT2D eigenvalue weighted by Gasteiger charge is -2.39. The summed E-state index contributed by atoms with van der Waals surface area (Å²) in [6, 6.07) is 5.97. The van der Waals surface area contributed by atoms with Crippen LogP contribution in [0.1, 0.15) is 44.2 Å². The smallest absolute Gasteiger partial charge is 0.248 e. The number of carbonyl (C=O) groups is 1. The number of nitrogens with one attached hydrogen (secondary N) is 3. The second kappa shape index (κ2) is 7.47. The third kappa shape index (κ3) is 3.29. The first-order valence-electron chi connectivity index (χ1n) is 11.6. The van der Waals surface area contributed by atoms with Gasteiger partial charge in [0.1, 0.15) is 11.2 Å². The van der Waals surface area contributed by atoms with E-state index >= 15 is 0 Å². The molecule has 3 N–H and O–H groups in total. The van der Waals surface area contributed by atoms with Gasteiger partial charge in [-0.15, -0.1) is 0 Å². The first-order valence-corrected chi connectivity index (χ1v) is 11.6. The van der Waals surface area contributed by atoms with E-state index in [4.69, 9.17) is 9.97 Å². The van der Waals surface area contributed by atoms with Crippen molar-refractivity contribution in [3.63, 3.8) is 0 Å². The van der Waals surface area contributed by atoms with Crippen molar-refractivity contribution in [1.29, 1.82) is 0 Å². The number of amides is 1. The summed E-state index contributed by atoms with van der Waals surface area (Å²) in [4.78, 5) is 27.3. The van der Waals surface area contributed by atoms with Crippen LogP contribution < -0.4 is 15.5 Å². The van der Waals surface area contributed by atoms with E-state index in [2.05, 4.69) is 31.8 Å². The summed E-state index contributed by atoms with van der Waals surface area (Å²) in [7, 11) is 0. The summed E-state index contributed by atoms with van der Waals surface area (Å²) in [5.74, 6) is 2.75. The topological polar surface area (TPSA) is 106 Å². The standard InChI is InChI=1S/C22H29N9O/c1-22(19(32)29-12-8-23-9-13-29)7-3-11-31(22)21-25-18-4-2-10-30(18)20(26-21)24-17-14-16(27-28-17)15-5-6-15/h2,4,10,14-15,23H,3,5-9,11-13H2,1H3,(H2,24,25,26,27,28)/t22-/m1/s1. The van der Waals surface area contributed by atoms with Crippen molar-refractivity contribution in [2.45, 2.75) is 44.1 Å². The molecule has 168 valence electrons. The Hall–Kier alpha value is -3.14. The van der Waals surface area contributed by atoms with Crippen molar-refractivity contribution in [3.8, 4) is 0 Å². The van der Waals surface area contributed by atoms with Crippen LogP contribution in [0.25, 0.3) is 5.65 Å². The van der Waals surface area contributed by atoms with Gasteiger partial charge >= 0.3 is 0 Å². The lowest BCUT2D eigenvalue weighted by atomic mass is 9.96. The highest BCUT2D eigenvalue weighted by molar-refractivity contribution is 5.90. The molecule has 2 saturated heterocycles. The van der Waals surface area contributed by atoms with E-state index in [1.54, 1.807) is 0 Å². The number of piperazine rings is 1. The molecule has 1 aliphatic carbocycles. The molecule has 32 heavy (non-hydrogen) atoms. The van der Waals surface area contributed by atoms with Gasteiger partial charge in [0.05, 0.1) is 0 Å². The molecule has 1 atom stereocenters. The molecule has 10 nitrogen and oxygen atoms in total. The fourth-order valence-corrected chi connectivity index (χ4v) is 4.96. The van der Waals surface area contributed by atoms with Crippen molar-refractivity contribution in [2.24, 2.45) is 0 Å². The van der Waals surface area contributed by atoms with Crippen molar-refractivity contribution < 1.29 is 4.79 Å². The first kappa shape index (κ1) is 19.5. The predicted octanol–water partition coefficient (Wildman–Crippen LogP) is 1.86. The van der Waals surface area contributed by atoms with Gasteiger partial charge in [0.25, 0.3) is 0 Å². The Balaban J connectivity index is 1.33. The third-order valence-electron chi connectivity index (χ3n) is 6.98. The molecule has 3 aromatic rings. The van der Waals surface area contributed by atoms with E-state index in [1.807, 2.05) is 34.6 Å². The number of hydrogen-bond acceptors (Lipinski definition) is 7. The van der Waals surface area contributed by atoms with E-state index < -0.39 is 5.54 Å². The Kier molecular flexibility index (Phi) is 4.56. The summed E-state index contributed by atoms with van der Waals surface area (Å²) in [5.41, 5.74) is 1.32. The van der Waals surface area contributed by atoms with E-state index in [0.717, 1.165) is 57.0 Å². The zero-order valence-electron chi connectivity index (χ0n) is 18.3. The maximum atomic E-state index is 13.5. The Bertz CT molecular complexity index is 1140. The second-order valence-electron chi connectivity index (χ2n) is 9.26. The van der Waals surface area contributed by atoms with Crippen molar-refractivity contribution in [2.75, 3.05) is 42.9 Å². The van der Waals surface area contributed by atoms with Crippen LogP contribution in [0, 0.1) is 0 Å². The first-order chi connectivity index (χ1) is 15.6. The van der Waals surface area contributed by atoms with Gasteiger partial charge in [0.2, 0.25) is 17.8 Å². The highest BCUT2D eigenvalue weighted by Gasteiger charge is 2.47. The maximum Gasteiger partial charge on any atom is 0.248 e. The fourth-order valence-electron chi connectivity index (χ4n) is 4.96. The number of aromatic amines is 1. The molecule has 5 heterocycles. The minimum absolute atomic E-state index is 0.172.